The highest BCUT2D eigenvalue weighted by Gasteiger charge is 2.22. The maximum atomic E-state index is 3.77. The summed E-state index contributed by atoms with van der Waals surface area (Å²) in [6.07, 6.45) is 4.55. The van der Waals surface area contributed by atoms with Crippen LogP contribution in [0, 0.1) is 6.92 Å². The minimum Gasteiger partial charge on any atom is -0.0720 e. The van der Waals surface area contributed by atoms with E-state index in [9.17, 15) is 0 Å². The van der Waals surface area contributed by atoms with E-state index in [4.69, 9.17) is 0 Å². The Hall–Kier alpha value is -1.86. The van der Waals surface area contributed by atoms with Gasteiger partial charge in [0.15, 0.2) is 0 Å². The predicted molar refractivity (Wildman–Crippen MR) is 93.7 cm³/mol. The van der Waals surface area contributed by atoms with Crippen molar-refractivity contribution in [1.82, 2.24) is 0 Å². The quantitative estimate of drug-likeness (QED) is 0.506. The summed E-state index contributed by atoms with van der Waals surface area (Å²) in [5.74, 6) is 0.334. The van der Waals surface area contributed by atoms with Crippen molar-refractivity contribution < 1.29 is 0 Å². The second-order valence-corrected chi connectivity index (χ2v) is 6.51. The Kier molecular flexibility index (Phi) is 2.97. The highest BCUT2D eigenvalue weighted by atomic mass is 79.9. The van der Waals surface area contributed by atoms with Crippen LogP contribution in [0.2, 0.25) is 0 Å². The summed E-state index contributed by atoms with van der Waals surface area (Å²) in [5, 5.41) is 2.65. The molecule has 0 nitrogen and oxygen atoms in total. The summed E-state index contributed by atoms with van der Waals surface area (Å²) in [6.45, 7) is 2.16. The molecular weight excluding hydrogens is 320 g/mol. The van der Waals surface area contributed by atoms with Crippen molar-refractivity contribution in [3.8, 4) is 0 Å². The van der Waals surface area contributed by atoms with Crippen LogP contribution >= 0.6 is 15.9 Å². The van der Waals surface area contributed by atoms with Crippen LogP contribution in [0.1, 0.15) is 28.2 Å². The molecule has 3 aromatic carbocycles. The molecular formula is C20H15Br. The van der Waals surface area contributed by atoms with Gasteiger partial charge in [0, 0.05) is 10.4 Å². The number of allylic oxidation sites excluding steroid dienone is 1. The summed E-state index contributed by atoms with van der Waals surface area (Å²) in [4.78, 5) is 0. The Morgan fingerprint density at radius 1 is 0.952 bits per heavy atom. The van der Waals surface area contributed by atoms with Crippen molar-refractivity contribution in [2.24, 2.45) is 0 Å². The Morgan fingerprint density at radius 2 is 1.76 bits per heavy atom. The number of rotatable bonds is 1. The molecule has 0 radical (unpaired) electrons. The lowest BCUT2D eigenvalue weighted by molar-refractivity contribution is 1.06. The maximum absolute atomic E-state index is 3.77. The van der Waals surface area contributed by atoms with Gasteiger partial charge in [0.25, 0.3) is 0 Å². The van der Waals surface area contributed by atoms with Crippen LogP contribution in [0.3, 0.4) is 0 Å². The van der Waals surface area contributed by atoms with Crippen molar-refractivity contribution in [3.63, 3.8) is 0 Å². The first-order valence-corrected chi connectivity index (χ1v) is 7.99. The topological polar surface area (TPSA) is 0 Å². The SMILES string of the molecule is Cc1ccc2ccc(Br)c(C3C=Cc4ccccc43)c2c1. The lowest BCUT2D eigenvalue weighted by Crippen LogP contribution is -1.98. The third-order valence-corrected chi connectivity index (χ3v) is 4.97. The fraction of sp³-hybridized carbons (Fsp3) is 0.100. The fourth-order valence-electron chi connectivity index (χ4n) is 3.25. The lowest BCUT2D eigenvalue weighted by atomic mass is 9.89. The minimum absolute atomic E-state index is 0.334. The smallest absolute Gasteiger partial charge is 0.0296 e. The van der Waals surface area contributed by atoms with Crippen molar-refractivity contribution in [2.75, 3.05) is 0 Å². The number of fused-ring (bicyclic) bond motifs is 2. The van der Waals surface area contributed by atoms with Crippen LogP contribution in [-0.4, -0.2) is 0 Å². The molecule has 102 valence electrons. The Bertz CT molecular complexity index is 869. The second-order valence-electron chi connectivity index (χ2n) is 5.65. The molecule has 4 rings (SSSR count). The molecule has 0 aromatic heterocycles. The zero-order valence-corrected chi connectivity index (χ0v) is 13.4. The van der Waals surface area contributed by atoms with Gasteiger partial charge in [0.1, 0.15) is 0 Å². The van der Waals surface area contributed by atoms with Crippen LogP contribution < -0.4 is 0 Å². The zero-order chi connectivity index (χ0) is 14.4. The molecule has 3 aromatic rings. The summed E-state index contributed by atoms with van der Waals surface area (Å²) < 4.78 is 1.19. The second kappa shape index (κ2) is 4.85. The molecule has 0 bridgehead atoms. The molecule has 0 amide bonds. The van der Waals surface area contributed by atoms with Crippen molar-refractivity contribution in [2.45, 2.75) is 12.8 Å². The van der Waals surface area contributed by atoms with E-state index in [1.54, 1.807) is 0 Å². The molecule has 0 N–H and O–H groups in total. The van der Waals surface area contributed by atoms with Crippen molar-refractivity contribution in [3.05, 3.63) is 87.4 Å². The zero-order valence-electron chi connectivity index (χ0n) is 11.8. The monoisotopic (exact) mass is 334 g/mol. The molecule has 1 aliphatic rings. The third-order valence-electron chi connectivity index (χ3n) is 4.28. The maximum Gasteiger partial charge on any atom is 0.0296 e. The molecule has 0 saturated heterocycles. The predicted octanol–water partition coefficient (Wildman–Crippen LogP) is 6.07. The molecule has 0 aliphatic heterocycles. The van der Waals surface area contributed by atoms with Gasteiger partial charge in [-0.3, -0.25) is 0 Å². The van der Waals surface area contributed by atoms with Gasteiger partial charge in [0.05, 0.1) is 0 Å². The lowest BCUT2D eigenvalue weighted by Gasteiger charge is -2.17. The van der Waals surface area contributed by atoms with E-state index in [2.05, 4.69) is 89.6 Å². The number of aryl methyl sites for hydroxylation is 1. The highest BCUT2D eigenvalue weighted by molar-refractivity contribution is 9.10. The molecule has 1 unspecified atom stereocenters. The van der Waals surface area contributed by atoms with E-state index >= 15 is 0 Å². The summed E-state index contributed by atoms with van der Waals surface area (Å²) in [5.41, 5.74) is 5.40. The Labute approximate surface area is 133 Å². The van der Waals surface area contributed by atoms with Gasteiger partial charge in [-0.2, -0.15) is 0 Å². The number of hydrogen-bond acceptors (Lipinski definition) is 0. The third kappa shape index (κ3) is 2.04. The van der Waals surface area contributed by atoms with E-state index < -0.39 is 0 Å². The molecule has 0 fully saturated rings. The summed E-state index contributed by atoms with van der Waals surface area (Å²) in [6, 6.07) is 19.7. The van der Waals surface area contributed by atoms with E-state index in [-0.39, 0.29) is 0 Å². The van der Waals surface area contributed by atoms with Crippen LogP contribution in [0.4, 0.5) is 0 Å². The number of benzene rings is 3. The van der Waals surface area contributed by atoms with E-state index in [1.807, 2.05) is 0 Å². The van der Waals surface area contributed by atoms with Crippen LogP contribution in [0.25, 0.3) is 16.8 Å². The van der Waals surface area contributed by atoms with Crippen molar-refractivity contribution >= 4 is 32.8 Å². The summed E-state index contributed by atoms with van der Waals surface area (Å²) >= 11 is 3.77. The van der Waals surface area contributed by atoms with Gasteiger partial charge in [-0.1, -0.05) is 82.2 Å². The van der Waals surface area contributed by atoms with Gasteiger partial charge >= 0.3 is 0 Å². The Morgan fingerprint density at radius 3 is 2.67 bits per heavy atom. The fourth-order valence-corrected chi connectivity index (χ4v) is 3.84. The van der Waals surface area contributed by atoms with Gasteiger partial charge < -0.3 is 0 Å². The van der Waals surface area contributed by atoms with Gasteiger partial charge in [-0.05, 0) is 40.5 Å². The molecule has 0 heterocycles. The standard InChI is InChI=1S/C20H15Br/c1-13-6-7-15-9-11-19(21)20(18(15)12-13)17-10-8-14-4-2-3-5-16(14)17/h2-12,17H,1H3. The van der Waals surface area contributed by atoms with Crippen LogP contribution in [0.15, 0.2) is 65.1 Å². The van der Waals surface area contributed by atoms with E-state index in [0.29, 0.717) is 5.92 Å². The molecule has 0 saturated carbocycles. The number of halogens is 1. The molecule has 1 heteroatoms. The van der Waals surface area contributed by atoms with Gasteiger partial charge in [0.2, 0.25) is 0 Å². The molecule has 0 spiro atoms. The van der Waals surface area contributed by atoms with E-state index in [1.165, 1.54) is 37.5 Å². The van der Waals surface area contributed by atoms with E-state index in [0.717, 1.165) is 0 Å². The van der Waals surface area contributed by atoms with Crippen LogP contribution in [0.5, 0.6) is 0 Å². The average Bonchev–Trinajstić information content (AvgIpc) is 2.91. The normalized spacial score (nSPS) is 16.4. The molecule has 1 atom stereocenters. The molecule has 21 heavy (non-hydrogen) atoms. The summed E-state index contributed by atoms with van der Waals surface area (Å²) in [7, 11) is 0. The Balaban J connectivity index is 2.01. The van der Waals surface area contributed by atoms with Crippen molar-refractivity contribution in [1.29, 1.82) is 0 Å². The first kappa shape index (κ1) is 12.8. The largest absolute Gasteiger partial charge is 0.0720 e. The van der Waals surface area contributed by atoms with Gasteiger partial charge in [-0.25, -0.2) is 0 Å². The first-order valence-electron chi connectivity index (χ1n) is 7.20. The highest BCUT2D eigenvalue weighted by Crippen LogP contribution is 2.41. The average molecular weight is 335 g/mol. The van der Waals surface area contributed by atoms with Crippen LogP contribution in [-0.2, 0) is 0 Å². The van der Waals surface area contributed by atoms with Gasteiger partial charge in [-0.15, -0.1) is 0 Å². The molecule has 1 aliphatic carbocycles. The number of hydrogen-bond donors (Lipinski definition) is 0. The first-order chi connectivity index (χ1) is 10.2. The minimum atomic E-state index is 0.334.